The van der Waals surface area contributed by atoms with Crippen LogP contribution in [0.1, 0.15) is 45.4 Å². The normalized spacial score (nSPS) is 12.2. The molecule has 5 heteroatoms. The van der Waals surface area contributed by atoms with Crippen LogP contribution in [0.4, 0.5) is 0 Å². The largest absolute Gasteiger partial charge is 0.394 e. The fraction of sp³-hybridized carbons (Fsp3) is 0.818. The number of unbranched alkanes of at least 4 members (excludes halogenated alkanes) is 4. The van der Waals surface area contributed by atoms with Gasteiger partial charge in [-0.3, -0.25) is 4.79 Å². The Kier molecular flexibility index (Phi) is 8.75. The summed E-state index contributed by atoms with van der Waals surface area (Å²) >= 11 is 0. The number of aliphatic hydroxyl groups excluding tert-OH is 1. The van der Waals surface area contributed by atoms with Crippen molar-refractivity contribution in [3.8, 4) is 0 Å². The monoisotopic (exact) mass is 231 g/mol. The third-order valence-electron chi connectivity index (χ3n) is 2.20. The van der Waals surface area contributed by atoms with E-state index in [2.05, 4.69) is 11.7 Å². The summed E-state index contributed by atoms with van der Waals surface area (Å²) in [5, 5.41) is 8.55. The molecule has 0 aliphatic rings. The molecule has 0 spiro atoms. The van der Waals surface area contributed by atoms with E-state index in [9.17, 15) is 9.59 Å². The molecule has 0 rings (SSSR count). The summed E-state index contributed by atoms with van der Waals surface area (Å²) in [5.74, 6) is -1.42. The molecular formula is C11H21NO4. The van der Waals surface area contributed by atoms with Gasteiger partial charge in [-0.1, -0.05) is 32.6 Å². The molecule has 0 bridgehead atoms. The number of carbonyl (C=O) groups excluding carboxylic acids is 2. The highest BCUT2D eigenvalue weighted by molar-refractivity contribution is 5.88. The third-order valence-corrected chi connectivity index (χ3v) is 2.20. The van der Waals surface area contributed by atoms with Crippen LogP contribution in [0.15, 0.2) is 0 Å². The summed E-state index contributed by atoms with van der Waals surface area (Å²) in [6, 6.07) is -1.12. The lowest BCUT2D eigenvalue weighted by molar-refractivity contribution is -0.161. The average molecular weight is 231 g/mol. The van der Waals surface area contributed by atoms with E-state index in [0.29, 0.717) is 0 Å². The van der Waals surface area contributed by atoms with E-state index in [0.717, 1.165) is 32.1 Å². The van der Waals surface area contributed by atoms with Crippen molar-refractivity contribution in [2.45, 2.75) is 51.5 Å². The van der Waals surface area contributed by atoms with Crippen LogP contribution < -0.4 is 5.73 Å². The van der Waals surface area contributed by atoms with Gasteiger partial charge in [-0.05, 0) is 6.42 Å². The van der Waals surface area contributed by atoms with Gasteiger partial charge < -0.3 is 15.6 Å². The van der Waals surface area contributed by atoms with Crippen LogP contribution in [0.3, 0.4) is 0 Å². The van der Waals surface area contributed by atoms with E-state index in [4.69, 9.17) is 10.8 Å². The number of esters is 2. The number of ether oxygens (including phenoxy) is 1. The molecule has 0 aromatic rings. The third kappa shape index (κ3) is 7.36. The van der Waals surface area contributed by atoms with E-state index in [1.807, 2.05) is 0 Å². The van der Waals surface area contributed by atoms with Gasteiger partial charge in [-0.15, -0.1) is 0 Å². The van der Waals surface area contributed by atoms with Gasteiger partial charge in [0.2, 0.25) is 0 Å². The SMILES string of the molecule is CCCCCCCC(=O)OC(=O)[C@@H](N)CO. The number of nitrogens with two attached hydrogens (primary N) is 1. The first-order valence-corrected chi connectivity index (χ1v) is 5.72. The second-order valence-electron chi connectivity index (χ2n) is 3.75. The number of hydrogen-bond acceptors (Lipinski definition) is 5. The quantitative estimate of drug-likeness (QED) is 0.365. The summed E-state index contributed by atoms with van der Waals surface area (Å²) in [6.45, 7) is 1.60. The highest BCUT2D eigenvalue weighted by Gasteiger charge is 2.17. The number of hydrogen-bond donors (Lipinski definition) is 2. The van der Waals surface area contributed by atoms with Crippen LogP contribution in [0.2, 0.25) is 0 Å². The molecule has 0 aromatic heterocycles. The minimum atomic E-state index is -1.12. The zero-order valence-corrected chi connectivity index (χ0v) is 9.78. The molecule has 0 heterocycles. The maximum Gasteiger partial charge on any atom is 0.332 e. The minimum Gasteiger partial charge on any atom is -0.394 e. The van der Waals surface area contributed by atoms with Crippen LogP contribution >= 0.6 is 0 Å². The molecule has 0 radical (unpaired) electrons. The Labute approximate surface area is 96.0 Å². The standard InChI is InChI=1S/C11H21NO4/c1-2-3-4-5-6-7-10(14)16-11(15)9(12)8-13/h9,13H,2-8,12H2,1H3/t9-/m0/s1. The lowest BCUT2D eigenvalue weighted by Crippen LogP contribution is -2.36. The van der Waals surface area contributed by atoms with Gasteiger partial charge in [0.15, 0.2) is 0 Å². The highest BCUT2D eigenvalue weighted by Crippen LogP contribution is 2.05. The zero-order valence-electron chi connectivity index (χ0n) is 9.78. The summed E-state index contributed by atoms with van der Waals surface area (Å²) < 4.78 is 4.45. The molecule has 0 aromatic carbocycles. The zero-order chi connectivity index (χ0) is 12.4. The lowest BCUT2D eigenvalue weighted by atomic mass is 10.1. The summed E-state index contributed by atoms with van der Waals surface area (Å²) in [4.78, 5) is 22.1. The van der Waals surface area contributed by atoms with E-state index >= 15 is 0 Å². The molecule has 5 nitrogen and oxygen atoms in total. The van der Waals surface area contributed by atoms with Gasteiger partial charge in [0, 0.05) is 6.42 Å². The molecule has 0 fully saturated rings. The first-order valence-electron chi connectivity index (χ1n) is 5.72. The summed E-state index contributed by atoms with van der Waals surface area (Å²) in [7, 11) is 0. The van der Waals surface area contributed by atoms with Crippen molar-refractivity contribution in [2.75, 3.05) is 6.61 Å². The van der Waals surface area contributed by atoms with Crippen molar-refractivity contribution < 1.29 is 19.4 Å². The van der Waals surface area contributed by atoms with Crippen molar-refractivity contribution in [3.63, 3.8) is 0 Å². The van der Waals surface area contributed by atoms with Gasteiger partial charge in [-0.25, -0.2) is 4.79 Å². The molecule has 0 aliphatic heterocycles. The first kappa shape index (κ1) is 15.1. The molecule has 0 saturated heterocycles. The van der Waals surface area contributed by atoms with Crippen molar-refractivity contribution in [1.82, 2.24) is 0 Å². The molecule has 16 heavy (non-hydrogen) atoms. The molecular weight excluding hydrogens is 210 g/mol. The maximum absolute atomic E-state index is 11.1. The summed E-state index contributed by atoms with van der Waals surface area (Å²) in [5.41, 5.74) is 5.18. The molecule has 0 unspecified atom stereocenters. The maximum atomic E-state index is 11.1. The predicted molar refractivity (Wildman–Crippen MR) is 59.5 cm³/mol. The highest BCUT2D eigenvalue weighted by atomic mass is 16.6. The summed E-state index contributed by atoms with van der Waals surface area (Å²) in [6.07, 6.45) is 5.31. The van der Waals surface area contributed by atoms with Crippen LogP contribution in [0.25, 0.3) is 0 Å². The fourth-order valence-electron chi connectivity index (χ4n) is 1.19. The van der Waals surface area contributed by atoms with Crippen molar-refractivity contribution in [1.29, 1.82) is 0 Å². The van der Waals surface area contributed by atoms with E-state index in [-0.39, 0.29) is 6.42 Å². The number of rotatable bonds is 8. The Bertz CT molecular complexity index is 218. The lowest BCUT2D eigenvalue weighted by Gasteiger charge is -2.06. The second kappa shape index (κ2) is 9.30. The molecule has 94 valence electrons. The number of aliphatic hydroxyl groups is 1. The molecule has 0 aliphatic carbocycles. The Hall–Kier alpha value is -0.940. The van der Waals surface area contributed by atoms with Crippen LogP contribution in [0.5, 0.6) is 0 Å². The Morgan fingerprint density at radius 3 is 2.44 bits per heavy atom. The molecule has 0 saturated carbocycles. The second-order valence-corrected chi connectivity index (χ2v) is 3.75. The average Bonchev–Trinajstić information content (AvgIpc) is 2.27. The first-order chi connectivity index (χ1) is 7.61. The Morgan fingerprint density at radius 1 is 1.25 bits per heavy atom. The molecule has 1 atom stereocenters. The van der Waals surface area contributed by atoms with Crippen LogP contribution in [0, 0.1) is 0 Å². The Balaban J connectivity index is 3.55. The van der Waals surface area contributed by atoms with E-state index in [1.54, 1.807) is 0 Å². The van der Waals surface area contributed by atoms with Crippen LogP contribution in [-0.2, 0) is 14.3 Å². The van der Waals surface area contributed by atoms with Crippen molar-refractivity contribution >= 4 is 11.9 Å². The van der Waals surface area contributed by atoms with Gasteiger partial charge in [-0.2, -0.15) is 0 Å². The topological polar surface area (TPSA) is 89.6 Å². The predicted octanol–water partition coefficient (Wildman–Crippen LogP) is 0.736. The molecule has 3 N–H and O–H groups in total. The van der Waals surface area contributed by atoms with E-state index < -0.39 is 24.6 Å². The van der Waals surface area contributed by atoms with E-state index in [1.165, 1.54) is 0 Å². The number of carbonyl (C=O) groups is 2. The minimum absolute atomic E-state index is 0.230. The van der Waals surface area contributed by atoms with Gasteiger partial charge >= 0.3 is 11.9 Å². The molecule has 0 amide bonds. The smallest absolute Gasteiger partial charge is 0.332 e. The van der Waals surface area contributed by atoms with Gasteiger partial charge in [0.05, 0.1) is 6.61 Å². The van der Waals surface area contributed by atoms with Gasteiger partial charge in [0.1, 0.15) is 6.04 Å². The van der Waals surface area contributed by atoms with Crippen LogP contribution in [-0.4, -0.2) is 29.7 Å². The van der Waals surface area contributed by atoms with Crippen molar-refractivity contribution in [3.05, 3.63) is 0 Å². The fourth-order valence-corrected chi connectivity index (χ4v) is 1.19. The van der Waals surface area contributed by atoms with Crippen molar-refractivity contribution in [2.24, 2.45) is 5.73 Å². The Morgan fingerprint density at radius 2 is 1.88 bits per heavy atom. The van der Waals surface area contributed by atoms with Gasteiger partial charge in [0.25, 0.3) is 0 Å².